The van der Waals surface area contributed by atoms with E-state index in [1.54, 1.807) is 55.6 Å². The molecule has 4 aromatic rings. The number of ether oxygens (including phenoxy) is 1. The highest BCUT2D eigenvalue weighted by atomic mass is 32.2. The molecule has 0 N–H and O–H groups in total. The lowest BCUT2D eigenvalue weighted by molar-refractivity contribution is -0.125. The van der Waals surface area contributed by atoms with Gasteiger partial charge < -0.3 is 9.64 Å². The molecule has 2 atom stereocenters. The maximum atomic E-state index is 14.2. The van der Waals surface area contributed by atoms with Crippen molar-refractivity contribution < 1.29 is 17.9 Å². The number of carbonyl (C=O) groups is 1. The Balaban J connectivity index is 1.75. The number of anilines is 1. The molecule has 1 fully saturated rings. The number of para-hydroxylation sites is 1. The monoisotopic (exact) mass is 498 g/mol. The maximum absolute atomic E-state index is 14.2. The van der Waals surface area contributed by atoms with Crippen LogP contribution in [0.3, 0.4) is 0 Å². The number of benzene rings is 4. The van der Waals surface area contributed by atoms with Gasteiger partial charge in [0.25, 0.3) is 15.9 Å². The third-order valence-corrected chi connectivity index (χ3v) is 8.14. The fraction of sp³-hybridized carbons (Fsp3) is 0.138. The van der Waals surface area contributed by atoms with Gasteiger partial charge in [0, 0.05) is 5.69 Å². The van der Waals surface area contributed by atoms with Gasteiger partial charge >= 0.3 is 0 Å². The summed E-state index contributed by atoms with van der Waals surface area (Å²) in [6.45, 7) is 1.89. The first-order valence-electron chi connectivity index (χ1n) is 11.6. The second-order valence-corrected chi connectivity index (χ2v) is 10.5. The highest BCUT2D eigenvalue weighted by molar-refractivity contribution is 7.89. The van der Waals surface area contributed by atoms with Crippen LogP contribution in [0.15, 0.2) is 114 Å². The molecule has 1 aliphatic heterocycles. The molecule has 182 valence electrons. The van der Waals surface area contributed by atoms with E-state index < -0.39 is 28.1 Å². The number of amides is 1. The molecule has 2 unspecified atom stereocenters. The summed E-state index contributed by atoms with van der Waals surface area (Å²) in [5.41, 5.74) is 3.04. The van der Waals surface area contributed by atoms with E-state index in [1.807, 2.05) is 72.5 Å². The van der Waals surface area contributed by atoms with Crippen molar-refractivity contribution in [1.82, 2.24) is 4.31 Å². The van der Waals surface area contributed by atoms with Gasteiger partial charge in [-0.2, -0.15) is 0 Å². The molecule has 0 spiro atoms. The Bertz CT molecular complexity index is 1460. The molecule has 7 heteroatoms. The Morgan fingerprint density at radius 3 is 1.89 bits per heavy atom. The standard InChI is InChI=1S/C29H26N2O4S/c1-21-13-19-26(20-14-21)36(33,34)31-28(23-15-17-25(35-2)18-16-23)30(24-11-7-4-8-12-24)27(29(31)32)22-9-5-3-6-10-22/h3-20,27-28H,1-2H3. The van der Waals surface area contributed by atoms with Crippen LogP contribution in [0.4, 0.5) is 5.69 Å². The maximum Gasteiger partial charge on any atom is 0.268 e. The largest absolute Gasteiger partial charge is 0.497 e. The Morgan fingerprint density at radius 1 is 0.722 bits per heavy atom. The molecular weight excluding hydrogens is 472 g/mol. The molecule has 5 rings (SSSR count). The average molecular weight is 499 g/mol. The van der Waals surface area contributed by atoms with Crippen LogP contribution in [0.1, 0.15) is 28.9 Å². The number of nitrogens with zero attached hydrogens (tertiary/aromatic N) is 2. The second-order valence-electron chi connectivity index (χ2n) is 8.66. The molecule has 1 amide bonds. The third kappa shape index (κ3) is 4.12. The van der Waals surface area contributed by atoms with Crippen molar-refractivity contribution in [3.63, 3.8) is 0 Å². The van der Waals surface area contributed by atoms with E-state index in [9.17, 15) is 13.2 Å². The molecule has 0 bridgehead atoms. The zero-order chi connectivity index (χ0) is 25.3. The van der Waals surface area contributed by atoms with Gasteiger partial charge in [-0.25, -0.2) is 12.7 Å². The third-order valence-electron chi connectivity index (χ3n) is 6.38. The topological polar surface area (TPSA) is 66.9 Å². The summed E-state index contributed by atoms with van der Waals surface area (Å²) in [4.78, 5) is 16.1. The first-order chi connectivity index (χ1) is 17.4. The number of hydrogen-bond donors (Lipinski definition) is 0. The van der Waals surface area contributed by atoms with E-state index in [-0.39, 0.29) is 4.90 Å². The fourth-order valence-electron chi connectivity index (χ4n) is 4.59. The summed E-state index contributed by atoms with van der Waals surface area (Å²) in [6, 6.07) is 31.6. The van der Waals surface area contributed by atoms with Gasteiger partial charge in [0.1, 0.15) is 18.0 Å². The molecule has 0 aromatic heterocycles. The minimum absolute atomic E-state index is 0.0710. The number of sulfonamides is 1. The Hall–Kier alpha value is -4.10. The van der Waals surface area contributed by atoms with E-state index in [0.29, 0.717) is 16.9 Å². The van der Waals surface area contributed by atoms with Crippen LogP contribution in [-0.4, -0.2) is 25.7 Å². The van der Waals surface area contributed by atoms with Crippen LogP contribution >= 0.6 is 0 Å². The molecule has 1 aliphatic rings. The lowest BCUT2D eigenvalue weighted by Crippen LogP contribution is -2.37. The van der Waals surface area contributed by atoms with Crippen LogP contribution in [0.2, 0.25) is 0 Å². The molecule has 0 aliphatic carbocycles. The molecule has 0 saturated carbocycles. The predicted octanol–water partition coefficient (Wildman–Crippen LogP) is 5.48. The van der Waals surface area contributed by atoms with Crippen LogP contribution in [0.5, 0.6) is 5.75 Å². The van der Waals surface area contributed by atoms with Crippen molar-refractivity contribution in [1.29, 1.82) is 0 Å². The van der Waals surface area contributed by atoms with Crippen LogP contribution < -0.4 is 9.64 Å². The van der Waals surface area contributed by atoms with Crippen LogP contribution in [0.25, 0.3) is 0 Å². The molecule has 1 heterocycles. The van der Waals surface area contributed by atoms with E-state index >= 15 is 0 Å². The normalized spacial score (nSPS) is 17.9. The average Bonchev–Trinajstić information content (AvgIpc) is 3.23. The Morgan fingerprint density at radius 2 is 1.31 bits per heavy atom. The first-order valence-corrected chi connectivity index (χ1v) is 13.0. The van der Waals surface area contributed by atoms with Gasteiger partial charge in [0.05, 0.1) is 12.0 Å². The SMILES string of the molecule is COc1ccc(C2N(c3ccccc3)C(c3ccccc3)C(=O)N2S(=O)(=O)c2ccc(C)cc2)cc1. The van der Waals surface area contributed by atoms with E-state index in [4.69, 9.17) is 4.74 Å². The number of methoxy groups -OCH3 is 1. The number of rotatable bonds is 6. The molecule has 6 nitrogen and oxygen atoms in total. The molecule has 36 heavy (non-hydrogen) atoms. The second kappa shape index (κ2) is 9.51. The summed E-state index contributed by atoms with van der Waals surface area (Å²) >= 11 is 0. The highest BCUT2D eigenvalue weighted by Gasteiger charge is 2.53. The summed E-state index contributed by atoms with van der Waals surface area (Å²) in [6.07, 6.45) is -0.901. The van der Waals surface area contributed by atoms with E-state index in [2.05, 4.69) is 0 Å². The van der Waals surface area contributed by atoms with Crippen molar-refractivity contribution in [2.45, 2.75) is 24.0 Å². The molecule has 0 radical (unpaired) electrons. The molecule has 4 aromatic carbocycles. The summed E-state index contributed by atoms with van der Waals surface area (Å²) in [5, 5.41) is 0. The van der Waals surface area contributed by atoms with E-state index in [0.717, 1.165) is 15.6 Å². The lowest BCUT2D eigenvalue weighted by atomic mass is 10.0. The number of aryl methyl sites for hydroxylation is 1. The van der Waals surface area contributed by atoms with Gasteiger partial charge in [0.2, 0.25) is 0 Å². The minimum atomic E-state index is -4.19. The Kier molecular flexibility index (Phi) is 6.24. The molecular formula is C29H26N2O4S. The predicted molar refractivity (Wildman–Crippen MR) is 139 cm³/mol. The van der Waals surface area contributed by atoms with Gasteiger partial charge in [0.15, 0.2) is 0 Å². The zero-order valence-electron chi connectivity index (χ0n) is 20.0. The first kappa shape index (κ1) is 23.6. The lowest BCUT2D eigenvalue weighted by Gasteiger charge is -2.33. The zero-order valence-corrected chi connectivity index (χ0v) is 20.8. The van der Waals surface area contributed by atoms with E-state index in [1.165, 1.54) is 0 Å². The van der Waals surface area contributed by atoms with Crippen LogP contribution in [-0.2, 0) is 14.8 Å². The van der Waals surface area contributed by atoms with Crippen LogP contribution in [0, 0.1) is 6.92 Å². The van der Waals surface area contributed by atoms with Crippen molar-refractivity contribution in [2.24, 2.45) is 0 Å². The fourth-order valence-corrected chi connectivity index (χ4v) is 6.12. The van der Waals surface area contributed by atoms with Crippen molar-refractivity contribution in [2.75, 3.05) is 12.0 Å². The summed E-state index contributed by atoms with van der Waals surface area (Å²) in [7, 11) is -2.62. The quantitative estimate of drug-likeness (QED) is 0.352. The Labute approximate surface area is 211 Å². The van der Waals surface area contributed by atoms with Crippen molar-refractivity contribution >= 4 is 21.6 Å². The summed E-state index contributed by atoms with van der Waals surface area (Å²) < 4.78 is 34.5. The van der Waals surface area contributed by atoms with Crippen molar-refractivity contribution in [3.05, 3.63) is 126 Å². The summed E-state index contributed by atoms with van der Waals surface area (Å²) in [5.74, 6) is 0.133. The minimum Gasteiger partial charge on any atom is -0.497 e. The van der Waals surface area contributed by atoms with Gasteiger partial charge in [-0.05, 0) is 54.4 Å². The molecule has 1 saturated heterocycles. The number of hydrogen-bond acceptors (Lipinski definition) is 5. The smallest absolute Gasteiger partial charge is 0.268 e. The van der Waals surface area contributed by atoms with Gasteiger partial charge in [-0.1, -0.05) is 78.4 Å². The van der Waals surface area contributed by atoms with Crippen molar-refractivity contribution in [3.8, 4) is 5.75 Å². The highest BCUT2D eigenvalue weighted by Crippen LogP contribution is 2.47. The van der Waals surface area contributed by atoms with Gasteiger partial charge in [-0.3, -0.25) is 4.79 Å². The number of carbonyl (C=O) groups excluding carboxylic acids is 1. The van der Waals surface area contributed by atoms with Gasteiger partial charge in [-0.15, -0.1) is 0 Å².